The van der Waals surface area contributed by atoms with Crippen LogP contribution in [0, 0.1) is 0 Å². The lowest BCUT2D eigenvalue weighted by Crippen LogP contribution is -2.34. The fourth-order valence-corrected chi connectivity index (χ4v) is 3.28. The first-order valence-corrected chi connectivity index (χ1v) is 8.43. The number of rotatable bonds is 6. The maximum atomic E-state index is 12.3. The summed E-state index contributed by atoms with van der Waals surface area (Å²) in [5.74, 6) is -0.432. The monoisotopic (exact) mass is 385 g/mol. The molecule has 0 spiro atoms. The molecule has 2 rings (SSSR count). The van der Waals surface area contributed by atoms with Crippen molar-refractivity contribution in [1.82, 2.24) is 4.90 Å². The number of amides is 2. The van der Waals surface area contributed by atoms with Crippen LogP contribution in [0.4, 0.5) is 4.79 Å². The number of esters is 1. The number of thioether (sulfide) groups is 1. The molecule has 0 unspecified atom stereocenters. The summed E-state index contributed by atoms with van der Waals surface area (Å²) in [5, 5.41) is -0.227. The topological polar surface area (TPSA) is 82.1 Å². The highest BCUT2D eigenvalue weighted by atomic mass is 35.5. The SMILES string of the molecule is CCOC(=O)CN1C(=O)S/C(=C\c2cc(Cl)c(OC)c(OC)c2)C1=O. The smallest absolute Gasteiger partial charge is 0.326 e. The largest absolute Gasteiger partial charge is 0.493 e. The van der Waals surface area contributed by atoms with E-state index in [1.54, 1.807) is 19.1 Å². The Balaban J connectivity index is 2.27. The second kappa shape index (κ2) is 8.26. The van der Waals surface area contributed by atoms with Crippen molar-refractivity contribution in [2.45, 2.75) is 6.92 Å². The number of carbonyl (C=O) groups is 3. The molecule has 25 heavy (non-hydrogen) atoms. The van der Waals surface area contributed by atoms with Crippen molar-refractivity contribution in [2.24, 2.45) is 0 Å². The Morgan fingerprint density at radius 3 is 2.60 bits per heavy atom. The van der Waals surface area contributed by atoms with Gasteiger partial charge in [0.1, 0.15) is 6.54 Å². The molecule has 0 aliphatic carbocycles. The van der Waals surface area contributed by atoms with E-state index in [9.17, 15) is 14.4 Å². The Hall–Kier alpha value is -2.19. The first kappa shape index (κ1) is 19.1. The number of nitrogens with zero attached hydrogens (tertiary/aromatic N) is 1. The van der Waals surface area contributed by atoms with Crippen LogP contribution in [0.2, 0.25) is 5.02 Å². The van der Waals surface area contributed by atoms with E-state index >= 15 is 0 Å². The van der Waals surface area contributed by atoms with Gasteiger partial charge in [0, 0.05) is 0 Å². The standard InChI is InChI=1S/C16H16ClNO6S/c1-4-24-13(19)8-18-15(20)12(25-16(18)21)7-9-5-10(17)14(23-3)11(6-9)22-2/h5-7H,4,8H2,1-3H3/b12-7-. The van der Waals surface area contributed by atoms with Gasteiger partial charge in [0.05, 0.1) is 30.8 Å². The first-order valence-electron chi connectivity index (χ1n) is 7.23. The van der Waals surface area contributed by atoms with E-state index in [0.29, 0.717) is 22.1 Å². The molecule has 1 aromatic rings. The van der Waals surface area contributed by atoms with Crippen LogP contribution < -0.4 is 9.47 Å². The zero-order valence-electron chi connectivity index (χ0n) is 13.8. The van der Waals surface area contributed by atoms with Crippen LogP contribution in [0.5, 0.6) is 11.5 Å². The van der Waals surface area contributed by atoms with E-state index in [0.717, 1.165) is 16.7 Å². The van der Waals surface area contributed by atoms with Crippen molar-refractivity contribution in [3.05, 3.63) is 27.6 Å². The van der Waals surface area contributed by atoms with Crippen molar-refractivity contribution in [3.8, 4) is 11.5 Å². The summed E-state index contributed by atoms with van der Waals surface area (Å²) in [5.41, 5.74) is 0.560. The van der Waals surface area contributed by atoms with Crippen LogP contribution >= 0.6 is 23.4 Å². The molecular formula is C16H16ClNO6S. The predicted molar refractivity (Wildman–Crippen MR) is 93.9 cm³/mol. The number of hydrogen-bond donors (Lipinski definition) is 0. The third-order valence-electron chi connectivity index (χ3n) is 3.22. The number of imide groups is 1. The van der Waals surface area contributed by atoms with Crippen LogP contribution in [0.1, 0.15) is 12.5 Å². The molecule has 1 saturated heterocycles. The number of carbonyl (C=O) groups excluding carboxylic acids is 3. The highest BCUT2D eigenvalue weighted by Crippen LogP contribution is 2.38. The molecule has 7 nitrogen and oxygen atoms in total. The minimum absolute atomic E-state index is 0.176. The van der Waals surface area contributed by atoms with Gasteiger partial charge in [-0.25, -0.2) is 0 Å². The molecule has 0 saturated carbocycles. The van der Waals surface area contributed by atoms with Gasteiger partial charge in [-0.1, -0.05) is 11.6 Å². The quantitative estimate of drug-likeness (QED) is 0.550. The van der Waals surface area contributed by atoms with E-state index in [1.807, 2.05) is 0 Å². The minimum atomic E-state index is -0.639. The number of hydrogen-bond acceptors (Lipinski definition) is 7. The molecule has 0 radical (unpaired) electrons. The molecule has 1 fully saturated rings. The zero-order valence-corrected chi connectivity index (χ0v) is 15.4. The Bertz CT molecular complexity index is 748. The number of benzene rings is 1. The van der Waals surface area contributed by atoms with E-state index < -0.39 is 23.7 Å². The average Bonchev–Trinajstić information content (AvgIpc) is 2.82. The normalized spacial score (nSPS) is 15.7. The third kappa shape index (κ3) is 4.26. The second-order valence-corrected chi connectivity index (χ2v) is 6.21. The molecule has 0 N–H and O–H groups in total. The molecule has 2 amide bonds. The Morgan fingerprint density at radius 2 is 2.00 bits per heavy atom. The van der Waals surface area contributed by atoms with Gasteiger partial charge >= 0.3 is 5.97 Å². The maximum absolute atomic E-state index is 12.3. The summed E-state index contributed by atoms with van der Waals surface area (Å²) in [4.78, 5) is 36.8. The maximum Gasteiger partial charge on any atom is 0.326 e. The highest BCUT2D eigenvalue weighted by Gasteiger charge is 2.36. The van der Waals surface area contributed by atoms with Crippen LogP contribution in [0.15, 0.2) is 17.0 Å². The molecule has 0 aromatic heterocycles. The van der Waals surface area contributed by atoms with Crippen molar-refractivity contribution < 1.29 is 28.6 Å². The Morgan fingerprint density at radius 1 is 1.28 bits per heavy atom. The van der Waals surface area contributed by atoms with Crippen molar-refractivity contribution >= 4 is 46.6 Å². The molecule has 1 aromatic carbocycles. The first-order chi connectivity index (χ1) is 11.9. The highest BCUT2D eigenvalue weighted by molar-refractivity contribution is 8.18. The molecule has 1 heterocycles. The molecule has 0 bridgehead atoms. The van der Waals surface area contributed by atoms with Crippen LogP contribution in [-0.2, 0) is 14.3 Å². The average molecular weight is 386 g/mol. The van der Waals surface area contributed by atoms with Gasteiger partial charge in [0.2, 0.25) is 0 Å². The van der Waals surface area contributed by atoms with E-state index in [-0.39, 0.29) is 11.5 Å². The number of halogens is 1. The van der Waals surface area contributed by atoms with Crippen LogP contribution in [0.25, 0.3) is 6.08 Å². The summed E-state index contributed by atoms with van der Waals surface area (Å²) in [6.45, 7) is 1.41. The van der Waals surface area contributed by atoms with Crippen LogP contribution in [-0.4, -0.2) is 49.4 Å². The van der Waals surface area contributed by atoms with Crippen molar-refractivity contribution in [3.63, 3.8) is 0 Å². The molecule has 134 valence electrons. The summed E-state index contributed by atoms with van der Waals surface area (Å²) < 4.78 is 15.1. The van der Waals surface area contributed by atoms with E-state index in [2.05, 4.69) is 0 Å². The predicted octanol–water partition coefficient (Wildman–Crippen LogP) is 2.96. The molecular weight excluding hydrogens is 370 g/mol. The van der Waals surface area contributed by atoms with Crippen molar-refractivity contribution in [2.75, 3.05) is 27.4 Å². The minimum Gasteiger partial charge on any atom is -0.493 e. The summed E-state index contributed by atoms with van der Waals surface area (Å²) in [7, 11) is 2.93. The zero-order chi connectivity index (χ0) is 18.6. The van der Waals surface area contributed by atoms with Crippen LogP contribution in [0.3, 0.4) is 0 Å². The van der Waals surface area contributed by atoms with Gasteiger partial charge < -0.3 is 14.2 Å². The lowest BCUT2D eigenvalue weighted by Gasteiger charge is -2.11. The van der Waals surface area contributed by atoms with Gasteiger partial charge in [-0.2, -0.15) is 0 Å². The summed E-state index contributed by atoms with van der Waals surface area (Å²) in [6.07, 6.45) is 1.50. The Kier molecular flexibility index (Phi) is 6.33. The number of ether oxygens (including phenoxy) is 3. The molecule has 9 heteroatoms. The van der Waals surface area contributed by atoms with Crippen molar-refractivity contribution in [1.29, 1.82) is 0 Å². The van der Waals surface area contributed by atoms with Gasteiger partial charge in [-0.15, -0.1) is 0 Å². The third-order valence-corrected chi connectivity index (χ3v) is 4.41. The number of methoxy groups -OCH3 is 2. The summed E-state index contributed by atoms with van der Waals surface area (Å²) >= 11 is 6.87. The van der Waals surface area contributed by atoms with E-state index in [4.69, 9.17) is 25.8 Å². The van der Waals surface area contributed by atoms with Gasteiger partial charge in [0.25, 0.3) is 11.1 Å². The second-order valence-electron chi connectivity index (χ2n) is 4.81. The fourth-order valence-electron chi connectivity index (χ4n) is 2.14. The lowest BCUT2D eigenvalue weighted by atomic mass is 10.2. The lowest BCUT2D eigenvalue weighted by molar-refractivity contribution is -0.145. The molecule has 1 aliphatic rings. The molecule has 1 aliphatic heterocycles. The van der Waals surface area contributed by atoms with Gasteiger partial charge in [-0.3, -0.25) is 19.3 Å². The Labute approximate surface area is 153 Å². The molecule has 0 atom stereocenters. The fraction of sp³-hybridized carbons (Fsp3) is 0.312. The van der Waals surface area contributed by atoms with Gasteiger partial charge in [0.15, 0.2) is 11.5 Å². The van der Waals surface area contributed by atoms with E-state index in [1.165, 1.54) is 20.3 Å². The van der Waals surface area contributed by atoms with Gasteiger partial charge in [-0.05, 0) is 42.5 Å². The summed E-state index contributed by atoms with van der Waals surface area (Å²) in [6, 6.07) is 3.21.